The molecule has 0 spiro atoms. The first-order valence-electron chi connectivity index (χ1n) is 7.08. The van der Waals surface area contributed by atoms with E-state index in [0.29, 0.717) is 18.9 Å². The fourth-order valence-corrected chi connectivity index (χ4v) is 2.24. The summed E-state index contributed by atoms with van der Waals surface area (Å²) in [6.07, 6.45) is 6.50. The molecule has 0 aliphatic carbocycles. The molecular formula is C15H25N3O. The lowest BCUT2D eigenvalue weighted by Gasteiger charge is -2.15. The van der Waals surface area contributed by atoms with Crippen LogP contribution >= 0.6 is 0 Å². The van der Waals surface area contributed by atoms with Gasteiger partial charge in [0.2, 0.25) is 5.91 Å². The van der Waals surface area contributed by atoms with Gasteiger partial charge in [-0.2, -0.15) is 0 Å². The molecule has 0 fully saturated rings. The number of nitrogens with two attached hydrogens (primary N) is 1. The molecule has 0 saturated heterocycles. The Bertz CT molecular complexity index is 387. The number of nitrogens with one attached hydrogen (secondary N) is 1. The first-order valence-corrected chi connectivity index (χ1v) is 7.08. The zero-order valence-electron chi connectivity index (χ0n) is 12.0. The molecule has 0 saturated carbocycles. The molecule has 0 aromatic carbocycles. The molecule has 0 aliphatic heterocycles. The maximum Gasteiger partial charge on any atom is 0.224 e. The summed E-state index contributed by atoms with van der Waals surface area (Å²) in [5, 5.41) is 2.92. The minimum atomic E-state index is 0.0641. The number of aryl methyl sites for hydroxylation is 1. The van der Waals surface area contributed by atoms with Crippen LogP contribution in [0.3, 0.4) is 0 Å². The Morgan fingerprint density at radius 1 is 1.42 bits per heavy atom. The van der Waals surface area contributed by atoms with Gasteiger partial charge in [-0.3, -0.25) is 9.78 Å². The van der Waals surface area contributed by atoms with E-state index in [2.05, 4.69) is 17.2 Å². The molecule has 4 nitrogen and oxygen atoms in total. The highest BCUT2D eigenvalue weighted by molar-refractivity contribution is 5.91. The summed E-state index contributed by atoms with van der Waals surface area (Å²) in [6.45, 7) is 4.76. The number of nitrogens with zero attached hydrogens (tertiary/aromatic N) is 1. The van der Waals surface area contributed by atoms with Crippen LogP contribution in [0.25, 0.3) is 0 Å². The molecular weight excluding hydrogens is 238 g/mol. The number of aromatic nitrogens is 1. The predicted octanol–water partition coefficient (Wildman–Crippen LogP) is 2.87. The SMILES string of the molecule is CCCC(CCN)CCC(=O)Nc1cccnc1C. The molecule has 19 heavy (non-hydrogen) atoms. The van der Waals surface area contributed by atoms with Gasteiger partial charge in [0.1, 0.15) is 0 Å². The van der Waals surface area contributed by atoms with Crippen LogP contribution in [0.2, 0.25) is 0 Å². The molecule has 1 heterocycles. The van der Waals surface area contributed by atoms with E-state index >= 15 is 0 Å². The second-order valence-corrected chi connectivity index (χ2v) is 4.96. The van der Waals surface area contributed by atoms with Gasteiger partial charge >= 0.3 is 0 Å². The van der Waals surface area contributed by atoms with Gasteiger partial charge in [0.25, 0.3) is 0 Å². The monoisotopic (exact) mass is 263 g/mol. The number of pyridine rings is 1. The third kappa shape index (κ3) is 5.83. The van der Waals surface area contributed by atoms with Crippen LogP contribution < -0.4 is 11.1 Å². The molecule has 3 N–H and O–H groups in total. The van der Waals surface area contributed by atoms with E-state index in [1.807, 2.05) is 19.1 Å². The van der Waals surface area contributed by atoms with Crippen LogP contribution in [-0.4, -0.2) is 17.4 Å². The van der Waals surface area contributed by atoms with Gasteiger partial charge in [-0.1, -0.05) is 19.8 Å². The number of amides is 1. The van der Waals surface area contributed by atoms with Gasteiger partial charge in [0.05, 0.1) is 11.4 Å². The van der Waals surface area contributed by atoms with Gasteiger partial charge < -0.3 is 11.1 Å². The van der Waals surface area contributed by atoms with E-state index < -0.39 is 0 Å². The molecule has 1 aromatic heterocycles. The highest BCUT2D eigenvalue weighted by Crippen LogP contribution is 2.18. The third-order valence-corrected chi connectivity index (χ3v) is 3.33. The van der Waals surface area contributed by atoms with Crippen molar-refractivity contribution >= 4 is 11.6 Å². The minimum Gasteiger partial charge on any atom is -0.330 e. The van der Waals surface area contributed by atoms with Crippen molar-refractivity contribution in [1.29, 1.82) is 0 Å². The minimum absolute atomic E-state index is 0.0641. The average molecular weight is 263 g/mol. The Morgan fingerprint density at radius 3 is 2.84 bits per heavy atom. The molecule has 1 aromatic rings. The maximum atomic E-state index is 11.9. The topological polar surface area (TPSA) is 68.0 Å². The molecule has 106 valence electrons. The van der Waals surface area contributed by atoms with Crippen molar-refractivity contribution in [2.75, 3.05) is 11.9 Å². The van der Waals surface area contributed by atoms with Crippen molar-refractivity contribution < 1.29 is 4.79 Å². The molecule has 1 unspecified atom stereocenters. The van der Waals surface area contributed by atoms with E-state index in [1.54, 1.807) is 6.20 Å². The van der Waals surface area contributed by atoms with Gasteiger partial charge in [-0.25, -0.2) is 0 Å². The molecule has 0 aliphatic rings. The summed E-state index contributed by atoms with van der Waals surface area (Å²) < 4.78 is 0. The molecule has 1 rings (SSSR count). The zero-order valence-corrected chi connectivity index (χ0v) is 12.0. The molecule has 1 atom stereocenters. The van der Waals surface area contributed by atoms with Gasteiger partial charge in [0.15, 0.2) is 0 Å². The van der Waals surface area contributed by atoms with E-state index in [9.17, 15) is 4.79 Å². The molecule has 0 bridgehead atoms. The van der Waals surface area contributed by atoms with E-state index in [-0.39, 0.29) is 5.91 Å². The Morgan fingerprint density at radius 2 is 2.21 bits per heavy atom. The normalized spacial score (nSPS) is 12.2. The van der Waals surface area contributed by atoms with Crippen molar-refractivity contribution in [3.63, 3.8) is 0 Å². The summed E-state index contributed by atoms with van der Waals surface area (Å²) >= 11 is 0. The lowest BCUT2D eigenvalue weighted by Crippen LogP contribution is -2.16. The summed E-state index contributed by atoms with van der Waals surface area (Å²) in [4.78, 5) is 16.1. The number of rotatable bonds is 8. The fraction of sp³-hybridized carbons (Fsp3) is 0.600. The van der Waals surface area contributed by atoms with E-state index in [0.717, 1.165) is 37.1 Å². The second-order valence-electron chi connectivity index (χ2n) is 4.96. The molecule has 1 amide bonds. The van der Waals surface area contributed by atoms with Crippen molar-refractivity contribution in [2.45, 2.75) is 46.0 Å². The Kier molecular flexibility index (Phi) is 7.11. The number of carbonyl (C=O) groups is 1. The highest BCUT2D eigenvalue weighted by atomic mass is 16.1. The van der Waals surface area contributed by atoms with E-state index in [4.69, 9.17) is 5.73 Å². The molecule has 4 heteroatoms. The van der Waals surface area contributed by atoms with Gasteiger partial charge in [-0.15, -0.1) is 0 Å². The number of carbonyl (C=O) groups excluding carboxylic acids is 1. The quantitative estimate of drug-likeness (QED) is 0.757. The zero-order chi connectivity index (χ0) is 14.1. The van der Waals surface area contributed by atoms with Crippen LogP contribution in [0.1, 0.15) is 44.7 Å². The van der Waals surface area contributed by atoms with Crippen LogP contribution in [0, 0.1) is 12.8 Å². The van der Waals surface area contributed by atoms with Crippen LogP contribution in [-0.2, 0) is 4.79 Å². The highest BCUT2D eigenvalue weighted by Gasteiger charge is 2.11. The number of hydrogen-bond donors (Lipinski definition) is 2. The summed E-state index contributed by atoms with van der Waals surface area (Å²) in [6, 6.07) is 3.71. The number of hydrogen-bond acceptors (Lipinski definition) is 3. The summed E-state index contributed by atoms with van der Waals surface area (Å²) in [5.74, 6) is 0.630. The Labute approximate surface area is 115 Å². The van der Waals surface area contributed by atoms with Crippen LogP contribution in [0.5, 0.6) is 0 Å². The van der Waals surface area contributed by atoms with Crippen LogP contribution in [0.15, 0.2) is 18.3 Å². The smallest absolute Gasteiger partial charge is 0.224 e. The maximum absolute atomic E-state index is 11.9. The lowest BCUT2D eigenvalue weighted by molar-refractivity contribution is -0.116. The van der Waals surface area contributed by atoms with Crippen molar-refractivity contribution in [3.8, 4) is 0 Å². The van der Waals surface area contributed by atoms with E-state index in [1.165, 1.54) is 0 Å². The standard InChI is InChI=1S/C15H25N3O/c1-3-5-13(9-10-16)7-8-15(19)18-14-6-4-11-17-12(14)2/h4,6,11,13H,3,5,7-10,16H2,1-2H3,(H,18,19). The van der Waals surface area contributed by atoms with Crippen molar-refractivity contribution in [3.05, 3.63) is 24.0 Å². The Balaban J connectivity index is 2.40. The number of anilines is 1. The molecule has 0 radical (unpaired) electrons. The van der Waals surface area contributed by atoms with Crippen LogP contribution in [0.4, 0.5) is 5.69 Å². The fourth-order valence-electron chi connectivity index (χ4n) is 2.24. The first-order chi connectivity index (χ1) is 9.17. The first kappa shape index (κ1) is 15.6. The predicted molar refractivity (Wildman–Crippen MR) is 78.9 cm³/mol. The van der Waals surface area contributed by atoms with Gasteiger partial charge in [0, 0.05) is 12.6 Å². The summed E-state index contributed by atoms with van der Waals surface area (Å²) in [7, 11) is 0. The second kappa shape index (κ2) is 8.64. The van der Waals surface area contributed by atoms with Crippen molar-refractivity contribution in [1.82, 2.24) is 4.98 Å². The van der Waals surface area contributed by atoms with Gasteiger partial charge in [-0.05, 0) is 44.4 Å². The lowest BCUT2D eigenvalue weighted by atomic mass is 9.94. The largest absolute Gasteiger partial charge is 0.330 e. The summed E-state index contributed by atoms with van der Waals surface area (Å²) in [5.41, 5.74) is 7.25. The average Bonchev–Trinajstić information content (AvgIpc) is 2.39. The van der Waals surface area contributed by atoms with Crippen molar-refractivity contribution in [2.24, 2.45) is 11.7 Å². The Hall–Kier alpha value is -1.42. The third-order valence-electron chi connectivity index (χ3n) is 3.33.